The molecule has 1 aromatic rings. The fraction of sp³-hybridized carbons (Fsp3) is 0.467. The van der Waals surface area contributed by atoms with Crippen molar-refractivity contribution >= 4 is 23.2 Å². The fourth-order valence-electron chi connectivity index (χ4n) is 2.54. The van der Waals surface area contributed by atoms with Crippen molar-refractivity contribution < 1.29 is 9.59 Å². The maximum atomic E-state index is 12.2. The molecule has 0 radical (unpaired) electrons. The van der Waals surface area contributed by atoms with Gasteiger partial charge in [-0.2, -0.15) is 0 Å². The summed E-state index contributed by atoms with van der Waals surface area (Å²) in [5.74, 6) is -0.215. The Labute approximate surface area is 124 Å². The van der Waals surface area contributed by atoms with Gasteiger partial charge in [0.25, 0.3) is 5.91 Å². The highest BCUT2D eigenvalue weighted by Crippen LogP contribution is 2.31. The number of hydrogen-bond donors (Lipinski definition) is 3. The Balaban J connectivity index is 2.48. The van der Waals surface area contributed by atoms with Crippen LogP contribution in [-0.4, -0.2) is 37.0 Å². The maximum Gasteiger partial charge on any atom is 0.253 e. The van der Waals surface area contributed by atoms with E-state index < -0.39 is 5.54 Å². The van der Waals surface area contributed by atoms with Gasteiger partial charge in [-0.3, -0.25) is 9.59 Å². The monoisotopic (exact) mass is 290 g/mol. The van der Waals surface area contributed by atoms with E-state index in [1.165, 1.54) is 0 Å². The standard InChI is InChI=1S/C15H22N4O2/c1-4-17-13(20)11-6-5-10(16)9-12(11)19-8-7-18-14(21)15(19,2)3/h5-6,9H,4,7-8,16H2,1-3H3,(H,17,20)(H,18,21). The number of carbonyl (C=O) groups excluding carboxylic acids is 2. The van der Waals surface area contributed by atoms with Gasteiger partial charge in [-0.25, -0.2) is 0 Å². The summed E-state index contributed by atoms with van der Waals surface area (Å²) < 4.78 is 0. The summed E-state index contributed by atoms with van der Waals surface area (Å²) in [6, 6.07) is 5.16. The largest absolute Gasteiger partial charge is 0.399 e. The Morgan fingerprint density at radius 1 is 1.48 bits per heavy atom. The minimum absolute atomic E-state index is 0.0574. The first-order valence-corrected chi connectivity index (χ1v) is 7.11. The molecule has 6 nitrogen and oxygen atoms in total. The van der Waals surface area contributed by atoms with E-state index in [2.05, 4.69) is 10.6 Å². The lowest BCUT2D eigenvalue weighted by Gasteiger charge is -2.43. The molecule has 6 heteroatoms. The normalized spacial score (nSPS) is 17.3. The van der Waals surface area contributed by atoms with Crippen LogP contribution in [0.25, 0.3) is 0 Å². The lowest BCUT2D eigenvalue weighted by Crippen LogP contribution is -2.62. The Morgan fingerprint density at radius 3 is 2.86 bits per heavy atom. The first-order valence-electron chi connectivity index (χ1n) is 7.11. The number of nitrogens with two attached hydrogens (primary N) is 1. The number of hydrogen-bond acceptors (Lipinski definition) is 4. The molecule has 2 rings (SSSR count). The summed E-state index contributed by atoms with van der Waals surface area (Å²) in [7, 11) is 0. The van der Waals surface area contributed by atoms with Gasteiger partial charge in [0.15, 0.2) is 0 Å². The molecule has 0 bridgehead atoms. The fourth-order valence-corrected chi connectivity index (χ4v) is 2.54. The van der Waals surface area contributed by atoms with Crippen LogP contribution in [0.1, 0.15) is 31.1 Å². The average molecular weight is 290 g/mol. The third-order valence-corrected chi connectivity index (χ3v) is 3.75. The molecule has 1 fully saturated rings. The molecule has 0 aliphatic carbocycles. The van der Waals surface area contributed by atoms with Crippen LogP contribution in [0.5, 0.6) is 0 Å². The van der Waals surface area contributed by atoms with Crippen LogP contribution in [0, 0.1) is 0 Å². The quantitative estimate of drug-likeness (QED) is 0.716. The van der Waals surface area contributed by atoms with E-state index in [4.69, 9.17) is 5.73 Å². The van der Waals surface area contributed by atoms with Crippen LogP contribution in [0.2, 0.25) is 0 Å². The molecule has 114 valence electrons. The predicted octanol–water partition coefficient (Wildman–Crippen LogP) is 0.733. The minimum atomic E-state index is -0.729. The highest BCUT2D eigenvalue weighted by Gasteiger charge is 2.39. The number of anilines is 2. The molecular formula is C15H22N4O2. The Hall–Kier alpha value is -2.24. The number of piperazine rings is 1. The van der Waals surface area contributed by atoms with E-state index in [9.17, 15) is 9.59 Å². The van der Waals surface area contributed by atoms with Gasteiger partial charge in [-0.15, -0.1) is 0 Å². The third-order valence-electron chi connectivity index (χ3n) is 3.75. The first kappa shape index (κ1) is 15.2. The molecule has 1 heterocycles. The van der Waals surface area contributed by atoms with E-state index in [-0.39, 0.29) is 11.8 Å². The van der Waals surface area contributed by atoms with Crippen molar-refractivity contribution in [2.24, 2.45) is 0 Å². The van der Waals surface area contributed by atoms with Crippen LogP contribution >= 0.6 is 0 Å². The lowest BCUT2D eigenvalue weighted by atomic mass is 9.96. The summed E-state index contributed by atoms with van der Waals surface area (Å²) in [5, 5.41) is 5.64. The number of carbonyl (C=O) groups is 2. The van der Waals surface area contributed by atoms with E-state index in [0.29, 0.717) is 36.6 Å². The second-order valence-corrected chi connectivity index (χ2v) is 5.60. The average Bonchev–Trinajstić information content (AvgIpc) is 2.42. The minimum Gasteiger partial charge on any atom is -0.399 e. The molecule has 1 aromatic carbocycles. The van der Waals surface area contributed by atoms with Crippen molar-refractivity contribution in [3.8, 4) is 0 Å². The molecule has 2 amide bonds. The van der Waals surface area contributed by atoms with Crippen molar-refractivity contribution in [3.63, 3.8) is 0 Å². The predicted molar refractivity (Wildman–Crippen MR) is 83.3 cm³/mol. The van der Waals surface area contributed by atoms with Gasteiger partial charge in [0.05, 0.1) is 11.3 Å². The van der Waals surface area contributed by atoms with Gasteiger partial charge in [0.2, 0.25) is 5.91 Å². The van der Waals surface area contributed by atoms with Crippen LogP contribution < -0.4 is 21.3 Å². The zero-order chi connectivity index (χ0) is 15.6. The van der Waals surface area contributed by atoms with Crippen molar-refractivity contribution in [1.29, 1.82) is 0 Å². The number of amides is 2. The van der Waals surface area contributed by atoms with Crippen LogP contribution in [0.4, 0.5) is 11.4 Å². The SMILES string of the molecule is CCNC(=O)c1ccc(N)cc1N1CCNC(=O)C1(C)C. The summed E-state index contributed by atoms with van der Waals surface area (Å²) in [6.45, 7) is 7.28. The number of nitrogens with one attached hydrogen (secondary N) is 2. The molecule has 21 heavy (non-hydrogen) atoms. The van der Waals surface area contributed by atoms with Gasteiger partial charge in [-0.05, 0) is 39.0 Å². The van der Waals surface area contributed by atoms with E-state index in [1.807, 2.05) is 25.7 Å². The van der Waals surface area contributed by atoms with Crippen molar-refractivity contribution in [3.05, 3.63) is 23.8 Å². The molecule has 1 aliphatic heterocycles. The Kier molecular flexibility index (Phi) is 4.06. The molecule has 0 aromatic heterocycles. The highest BCUT2D eigenvalue weighted by atomic mass is 16.2. The first-order chi connectivity index (χ1) is 9.87. The molecule has 1 aliphatic rings. The van der Waals surface area contributed by atoms with Crippen molar-refractivity contribution in [1.82, 2.24) is 10.6 Å². The second kappa shape index (κ2) is 5.63. The smallest absolute Gasteiger partial charge is 0.253 e. The van der Waals surface area contributed by atoms with Crippen molar-refractivity contribution in [2.45, 2.75) is 26.3 Å². The second-order valence-electron chi connectivity index (χ2n) is 5.60. The van der Waals surface area contributed by atoms with E-state index >= 15 is 0 Å². The topological polar surface area (TPSA) is 87.5 Å². The number of benzene rings is 1. The zero-order valence-electron chi connectivity index (χ0n) is 12.7. The highest BCUT2D eigenvalue weighted by molar-refractivity contribution is 6.02. The van der Waals surface area contributed by atoms with Gasteiger partial charge >= 0.3 is 0 Å². The molecule has 4 N–H and O–H groups in total. The lowest BCUT2D eigenvalue weighted by molar-refractivity contribution is -0.126. The van der Waals surface area contributed by atoms with E-state index in [1.54, 1.807) is 18.2 Å². The number of rotatable bonds is 3. The van der Waals surface area contributed by atoms with Crippen molar-refractivity contribution in [2.75, 3.05) is 30.3 Å². The number of nitrogen functional groups attached to an aromatic ring is 1. The van der Waals surface area contributed by atoms with Crippen LogP contribution in [0.3, 0.4) is 0 Å². The summed E-state index contributed by atoms with van der Waals surface area (Å²) in [6.07, 6.45) is 0. The molecule has 0 saturated carbocycles. The summed E-state index contributed by atoms with van der Waals surface area (Å²) >= 11 is 0. The van der Waals surface area contributed by atoms with Crippen LogP contribution in [-0.2, 0) is 4.79 Å². The summed E-state index contributed by atoms with van der Waals surface area (Å²) in [4.78, 5) is 26.3. The van der Waals surface area contributed by atoms with Gasteiger partial charge < -0.3 is 21.3 Å². The Bertz CT molecular complexity index is 569. The molecule has 0 unspecified atom stereocenters. The van der Waals surface area contributed by atoms with Crippen LogP contribution in [0.15, 0.2) is 18.2 Å². The maximum absolute atomic E-state index is 12.2. The summed E-state index contributed by atoms with van der Waals surface area (Å²) in [5.41, 5.74) is 6.94. The zero-order valence-corrected chi connectivity index (χ0v) is 12.7. The molecule has 0 atom stereocenters. The van der Waals surface area contributed by atoms with E-state index in [0.717, 1.165) is 0 Å². The van der Waals surface area contributed by atoms with Gasteiger partial charge in [-0.1, -0.05) is 0 Å². The Morgan fingerprint density at radius 2 is 2.19 bits per heavy atom. The van der Waals surface area contributed by atoms with Gasteiger partial charge in [0, 0.05) is 25.3 Å². The van der Waals surface area contributed by atoms with Gasteiger partial charge in [0.1, 0.15) is 5.54 Å². The molecule has 0 spiro atoms. The molecular weight excluding hydrogens is 268 g/mol. The third kappa shape index (κ3) is 2.79. The molecule has 1 saturated heterocycles. The number of nitrogens with zero attached hydrogens (tertiary/aromatic N) is 1.